The molecule has 0 fully saturated rings. The Labute approximate surface area is 103 Å². The van der Waals surface area contributed by atoms with Gasteiger partial charge in [-0.15, -0.1) is 11.3 Å². The van der Waals surface area contributed by atoms with Gasteiger partial charge in [0.2, 0.25) is 0 Å². The molecule has 0 spiro atoms. The highest BCUT2D eigenvalue weighted by atomic mass is 32.1. The number of rotatable bonds is 3. The molecule has 6 heteroatoms. The number of aryl methyl sites for hydroxylation is 2. The summed E-state index contributed by atoms with van der Waals surface area (Å²) in [6.45, 7) is 4.15. The molecule has 0 aliphatic carbocycles. The maximum absolute atomic E-state index is 11.8. The second-order valence-corrected chi connectivity index (χ2v) is 4.62. The van der Waals surface area contributed by atoms with E-state index in [4.69, 9.17) is 0 Å². The van der Waals surface area contributed by atoms with Gasteiger partial charge in [0.25, 0.3) is 5.91 Å². The summed E-state index contributed by atoms with van der Waals surface area (Å²) in [6.07, 6.45) is 2.94. The second-order valence-electron chi connectivity index (χ2n) is 3.56. The molecule has 0 saturated carbocycles. The number of thiazole rings is 1. The lowest BCUT2D eigenvalue weighted by molar-refractivity contribution is 0.0949. The molecule has 0 atom stereocenters. The van der Waals surface area contributed by atoms with Crippen LogP contribution in [0, 0.1) is 13.8 Å². The lowest BCUT2D eigenvalue weighted by Gasteiger charge is -2.04. The minimum Gasteiger partial charge on any atom is -0.346 e. The Hall–Kier alpha value is -1.82. The summed E-state index contributed by atoms with van der Waals surface area (Å²) in [5, 5.41) is 5.72. The highest BCUT2D eigenvalue weighted by molar-refractivity contribution is 7.09. The number of carbonyl (C=O) groups excluding carboxylic acids is 1. The van der Waals surface area contributed by atoms with Gasteiger partial charge in [0.1, 0.15) is 6.33 Å². The van der Waals surface area contributed by atoms with Gasteiger partial charge in [0, 0.05) is 11.6 Å². The number of nitrogens with one attached hydrogen (secondary N) is 1. The van der Waals surface area contributed by atoms with E-state index < -0.39 is 0 Å². The van der Waals surface area contributed by atoms with Crippen molar-refractivity contribution in [3.05, 3.63) is 39.9 Å². The van der Waals surface area contributed by atoms with Gasteiger partial charge in [-0.1, -0.05) is 0 Å². The van der Waals surface area contributed by atoms with Crippen LogP contribution >= 0.6 is 11.3 Å². The Balaban J connectivity index is 2.01. The molecular weight excluding hydrogens is 236 g/mol. The molecule has 2 aromatic heterocycles. The third-order valence-corrected chi connectivity index (χ3v) is 3.08. The number of amides is 1. The fourth-order valence-electron chi connectivity index (χ4n) is 1.37. The third-order valence-electron chi connectivity index (χ3n) is 2.25. The predicted octanol–water partition coefficient (Wildman–Crippen LogP) is 1.48. The molecule has 17 heavy (non-hydrogen) atoms. The Bertz CT molecular complexity index is 538. The molecule has 1 amide bonds. The van der Waals surface area contributed by atoms with E-state index in [1.54, 1.807) is 18.3 Å². The molecule has 1 N–H and O–H groups in total. The largest absolute Gasteiger partial charge is 0.346 e. The summed E-state index contributed by atoms with van der Waals surface area (Å²) >= 11 is 1.57. The molecule has 2 aromatic rings. The van der Waals surface area contributed by atoms with Crippen LogP contribution < -0.4 is 5.32 Å². The van der Waals surface area contributed by atoms with Crippen LogP contribution in [0.1, 0.15) is 26.8 Å². The van der Waals surface area contributed by atoms with E-state index in [1.165, 1.54) is 12.5 Å². The summed E-state index contributed by atoms with van der Waals surface area (Å²) in [5.74, 6) is -0.172. The minimum absolute atomic E-state index is 0.172. The van der Waals surface area contributed by atoms with Crippen molar-refractivity contribution in [2.75, 3.05) is 0 Å². The molecule has 0 aliphatic heterocycles. The summed E-state index contributed by atoms with van der Waals surface area (Å²) in [7, 11) is 0. The topological polar surface area (TPSA) is 67.8 Å². The summed E-state index contributed by atoms with van der Waals surface area (Å²) in [6, 6.07) is 0. The number of aromatic nitrogens is 3. The Morgan fingerprint density at radius 3 is 2.94 bits per heavy atom. The molecule has 0 aliphatic rings. The predicted molar refractivity (Wildman–Crippen MR) is 64.8 cm³/mol. The van der Waals surface area contributed by atoms with Gasteiger partial charge in [0.05, 0.1) is 28.5 Å². The molecule has 0 aromatic carbocycles. The van der Waals surface area contributed by atoms with E-state index >= 15 is 0 Å². The van der Waals surface area contributed by atoms with Crippen molar-refractivity contribution in [2.24, 2.45) is 0 Å². The zero-order chi connectivity index (χ0) is 12.3. The van der Waals surface area contributed by atoms with E-state index in [2.05, 4.69) is 20.3 Å². The SMILES string of the molecule is Cc1nc(CNC(=O)c2cncnc2C)cs1. The average Bonchev–Trinajstić information content (AvgIpc) is 2.73. The summed E-state index contributed by atoms with van der Waals surface area (Å²) in [5.41, 5.74) is 2.04. The maximum Gasteiger partial charge on any atom is 0.255 e. The zero-order valence-electron chi connectivity index (χ0n) is 9.60. The minimum atomic E-state index is -0.172. The van der Waals surface area contributed by atoms with Crippen LogP contribution in [-0.4, -0.2) is 20.9 Å². The molecule has 0 radical (unpaired) electrons. The normalized spacial score (nSPS) is 10.2. The first-order valence-electron chi connectivity index (χ1n) is 5.12. The zero-order valence-corrected chi connectivity index (χ0v) is 10.4. The lowest BCUT2D eigenvalue weighted by Crippen LogP contribution is -2.24. The second kappa shape index (κ2) is 5.01. The van der Waals surface area contributed by atoms with Crippen molar-refractivity contribution in [3.63, 3.8) is 0 Å². The van der Waals surface area contributed by atoms with Crippen molar-refractivity contribution < 1.29 is 4.79 Å². The molecule has 0 bridgehead atoms. The first kappa shape index (κ1) is 11.7. The van der Waals surface area contributed by atoms with E-state index in [1.807, 2.05) is 12.3 Å². The van der Waals surface area contributed by atoms with Gasteiger partial charge in [-0.3, -0.25) is 4.79 Å². The standard InChI is InChI=1S/C11H12N4OS/c1-7-10(4-12-6-14-7)11(16)13-3-9-5-17-8(2)15-9/h4-6H,3H2,1-2H3,(H,13,16). The molecule has 2 heterocycles. The number of hydrogen-bond acceptors (Lipinski definition) is 5. The number of hydrogen-bond donors (Lipinski definition) is 1. The van der Waals surface area contributed by atoms with Crippen LogP contribution in [0.5, 0.6) is 0 Å². The highest BCUT2D eigenvalue weighted by Gasteiger charge is 2.09. The van der Waals surface area contributed by atoms with Crippen molar-refractivity contribution in [3.8, 4) is 0 Å². The van der Waals surface area contributed by atoms with E-state index in [-0.39, 0.29) is 5.91 Å². The van der Waals surface area contributed by atoms with Crippen LogP contribution in [0.3, 0.4) is 0 Å². The fourth-order valence-corrected chi connectivity index (χ4v) is 1.98. The average molecular weight is 248 g/mol. The Morgan fingerprint density at radius 2 is 2.29 bits per heavy atom. The van der Waals surface area contributed by atoms with E-state index in [0.29, 0.717) is 17.8 Å². The molecule has 0 saturated heterocycles. The molecular formula is C11H12N4OS. The van der Waals surface area contributed by atoms with Crippen LogP contribution in [-0.2, 0) is 6.54 Å². The van der Waals surface area contributed by atoms with Crippen LogP contribution in [0.4, 0.5) is 0 Å². The van der Waals surface area contributed by atoms with Crippen molar-refractivity contribution in [1.82, 2.24) is 20.3 Å². The lowest BCUT2D eigenvalue weighted by atomic mass is 10.2. The van der Waals surface area contributed by atoms with Crippen LogP contribution in [0.25, 0.3) is 0 Å². The molecule has 88 valence electrons. The molecule has 5 nitrogen and oxygen atoms in total. The number of nitrogens with zero attached hydrogens (tertiary/aromatic N) is 3. The van der Waals surface area contributed by atoms with Gasteiger partial charge in [-0.05, 0) is 13.8 Å². The van der Waals surface area contributed by atoms with Gasteiger partial charge >= 0.3 is 0 Å². The van der Waals surface area contributed by atoms with Gasteiger partial charge in [-0.2, -0.15) is 0 Å². The molecule has 0 unspecified atom stereocenters. The van der Waals surface area contributed by atoms with Crippen molar-refractivity contribution in [2.45, 2.75) is 20.4 Å². The first-order valence-corrected chi connectivity index (χ1v) is 6.00. The van der Waals surface area contributed by atoms with Gasteiger partial charge in [-0.25, -0.2) is 15.0 Å². The highest BCUT2D eigenvalue weighted by Crippen LogP contribution is 2.08. The van der Waals surface area contributed by atoms with Gasteiger partial charge in [0.15, 0.2) is 0 Å². The Morgan fingerprint density at radius 1 is 1.47 bits per heavy atom. The van der Waals surface area contributed by atoms with E-state index in [0.717, 1.165) is 10.7 Å². The monoisotopic (exact) mass is 248 g/mol. The first-order chi connectivity index (χ1) is 8.16. The third kappa shape index (κ3) is 2.85. The maximum atomic E-state index is 11.8. The Kier molecular flexibility index (Phi) is 3.43. The van der Waals surface area contributed by atoms with E-state index in [9.17, 15) is 4.79 Å². The summed E-state index contributed by atoms with van der Waals surface area (Å²) in [4.78, 5) is 23.9. The van der Waals surface area contributed by atoms with Crippen molar-refractivity contribution >= 4 is 17.2 Å². The fraction of sp³-hybridized carbons (Fsp3) is 0.273. The summed E-state index contributed by atoms with van der Waals surface area (Å²) < 4.78 is 0. The van der Waals surface area contributed by atoms with Crippen LogP contribution in [0.15, 0.2) is 17.9 Å². The van der Waals surface area contributed by atoms with Gasteiger partial charge < -0.3 is 5.32 Å². The van der Waals surface area contributed by atoms with Crippen molar-refractivity contribution in [1.29, 1.82) is 0 Å². The molecule has 2 rings (SSSR count). The van der Waals surface area contributed by atoms with Crippen LogP contribution in [0.2, 0.25) is 0 Å². The smallest absolute Gasteiger partial charge is 0.255 e. The number of carbonyl (C=O) groups is 1. The quantitative estimate of drug-likeness (QED) is 0.893.